The number of phenolic OH excluding ortho intramolecular Hbond substituents is 1. The molecule has 6 rings (SSSR count). The zero-order valence-electron chi connectivity index (χ0n) is 18.3. The molecule has 4 aliphatic rings. The Kier molecular flexibility index (Phi) is 5.07. The number of carbonyl (C=O) groups is 1. The summed E-state index contributed by atoms with van der Waals surface area (Å²) >= 11 is 0. The first kappa shape index (κ1) is 20.2. The topological polar surface area (TPSA) is 72.3 Å². The molecule has 0 aliphatic heterocycles. The van der Waals surface area contributed by atoms with Gasteiger partial charge >= 0.3 is 5.97 Å². The minimum absolute atomic E-state index is 0.115. The lowest BCUT2D eigenvalue weighted by Gasteiger charge is -2.57. The molecule has 0 saturated heterocycles. The van der Waals surface area contributed by atoms with E-state index in [9.17, 15) is 9.90 Å². The summed E-state index contributed by atoms with van der Waals surface area (Å²) in [6.07, 6.45) is 14.2. The van der Waals surface area contributed by atoms with Gasteiger partial charge in [0, 0.05) is 35.2 Å². The Morgan fingerprint density at radius 2 is 1.74 bits per heavy atom. The van der Waals surface area contributed by atoms with Crippen LogP contribution in [0.15, 0.2) is 30.6 Å². The third-order valence-electron chi connectivity index (χ3n) is 7.56. The van der Waals surface area contributed by atoms with E-state index in [4.69, 9.17) is 4.74 Å². The Balaban J connectivity index is 1.45. The fourth-order valence-electron chi connectivity index (χ4n) is 6.72. The number of esters is 1. The first-order valence-corrected chi connectivity index (χ1v) is 11.5. The normalized spacial score (nSPS) is 28.9. The van der Waals surface area contributed by atoms with Crippen molar-refractivity contribution in [3.63, 3.8) is 0 Å². The number of rotatable bonds is 5. The number of aromatic nitrogens is 2. The summed E-state index contributed by atoms with van der Waals surface area (Å²) in [6, 6.07) is 4.04. The van der Waals surface area contributed by atoms with Gasteiger partial charge in [0.25, 0.3) is 0 Å². The van der Waals surface area contributed by atoms with Crippen LogP contribution in [0.3, 0.4) is 0 Å². The van der Waals surface area contributed by atoms with Crippen molar-refractivity contribution in [3.8, 4) is 17.1 Å². The second-order valence-electron chi connectivity index (χ2n) is 9.81. The molecule has 1 aromatic carbocycles. The van der Waals surface area contributed by atoms with E-state index in [1.54, 1.807) is 25.4 Å². The van der Waals surface area contributed by atoms with Crippen molar-refractivity contribution >= 4 is 12.0 Å². The Labute approximate surface area is 183 Å². The van der Waals surface area contributed by atoms with Gasteiger partial charge in [-0.15, -0.1) is 0 Å². The lowest BCUT2D eigenvalue weighted by molar-refractivity contribution is -0.137. The maximum absolute atomic E-state index is 11.5. The Hall–Kier alpha value is -2.69. The molecule has 1 N–H and O–H groups in total. The van der Waals surface area contributed by atoms with Crippen LogP contribution < -0.4 is 0 Å². The standard InChI is InChI=1S/C26H30N2O3/c1-3-31-24(30)5-4-17-14-27-25(28-15-17)21-10-22(23(29)6-16(21)2)26-11-18-7-19(12-26)9-20(8-18)13-26/h4-6,10,14-15,18-20,29H,3,7-9,11-13H2,1-2H3/b5-4+. The van der Waals surface area contributed by atoms with Gasteiger partial charge in [-0.1, -0.05) is 0 Å². The summed E-state index contributed by atoms with van der Waals surface area (Å²) in [4.78, 5) is 20.6. The molecule has 4 aliphatic carbocycles. The average Bonchev–Trinajstić information content (AvgIpc) is 2.72. The molecule has 0 unspecified atom stereocenters. The highest BCUT2D eigenvalue weighted by Crippen LogP contribution is 2.62. The van der Waals surface area contributed by atoms with Crippen molar-refractivity contribution in [1.29, 1.82) is 0 Å². The minimum atomic E-state index is -0.374. The van der Waals surface area contributed by atoms with Gasteiger partial charge in [0.2, 0.25) is 0 Å². The van der Waals surface area contributed by atoms with E-state index in [1.807, 2.05) is 13.0 Å². The third kappa shape index (κ3) is 3.75. The molecular formula is C26H30N2O3. The number of nitrogens with zero attached hydrogens (tertiary/aromatic N) is 2. The van der Waals surface area contributed by atoms with Crippen molar-refractivity contribution in [1.82, 2.24) is 9.97 Å². The van der Waals surface area contributed by atoms with Crippen molar-refractivity contribution in [2.75, 3.05) is 6.61 Å². The highest BCUT2D eigenvalue weighted by molar-refractivity contribution is 5.86. The number of aromatic hydroxyl groups is 1. The van der Waals surface area contributed by atoms with Crippen molar-refractivity contribution in [2.45, 2.75) is 57.8 Å². The molecule has 0 amide bonds. The number of hydrogen-bond donors (Lipinski definition) is 1. The van der Waals surface area contributed by atoms with Crippen LogP contribution in [0.25, 0.3) is 17.5 Å². The van der Waals surface area contributed by atoms with Gasteiger partial charge in [-0.25, -0.2) is 14.8 Å². The fourth-order valence-corrected chi connectivity index (χ4v) is 6.72. The smallest absolute Gasteiger partial charge is 0.330 e. The van der Waals surface area contributed by atoms with Gasteiger partial charge in [-0.2, -0.15) is 0 Å². The van der Waals surface area contributed by atoms with Gasteiger partial charge in [0.1, 0.15) is 5.75 Å². The van der Waals surface area contributed by atoms with Gasteiger partial charge < -0.3 is 9.84 Å². The summed E-state index contributed by atoms with van der Waals surface area (Å²) < 4.78 is 4.91. The number of carbonyl (C=O) groups excluding carboxylic acids is 1. The van der Waals surface area contributed by atoms with Crippen LogP contribution in [0.1, 0.15) is 62.1 Å². The molecule has 4 saturated carbocycles. The molecule has 5 heteroatoms. The van der Waals surface area contributed by atoms with E-state index in [1.165, 1.54) is 44.6 Å². The zero-order valence-corrected chi connectivity index (χ0v) is 18.3. The molecule has 31 heavy (non-hydrogen) atoms. The van der Waals surface area contributed by atoms with Crippen LogP contribution in [0, 0.1) is 24.7 Å². The third-order valence-corrected chi connectivity index (χ3v) is 7.56. The largest absolute Gasteiger partial charge is 0.508 e. The molecule has 0 spiro atoms. The Morgan fingerprint density at radius 3 is 2.32 bits per heavy atom. The highest BCUT2D eigenvalue weighted by atomic mass is 16.5. The Bertz CT molecular complexity index is 990. The average molecular weight is 419 g/mol. The van der Waals surface area contributed by atoms with E-state index in [-0.39, 0.29) is 11.4 Å². The predicted octanol–water partition coefficient (Wildman–Crippen LogP) is 5.20. The second kappa shape index (κ2) is 7.77. The summed E-state index contributed by atoms with van der Waals surface area (Å²) in [5.41, 5.74) is 3.91. The van der Waals surface area contributed by atoms with Crippen molar-refractivity contribution < 1.29 is 14.6 Å². The molecule has 0 radical (unpaired) electrons. The molecule has 1 heterocycles. The van der Waals surface area contributed by atoms with E-state index >= 15 is 0 Å². The predicted molar refractivity (Wildman–Crippen MR) is 119 cm³/mol. The molecule has 4 bridgehead atoms. The summed E-state index contributed by atoms with van der Waals surface area (Å²) in [5.74, 6) is 3.15. The summed E-state index contributed by atoms with van der Waals surface area (Å²) in [7, 11) is 0. The van der Waals surface area contributed by atoms with Crippen LogP contribution in [0.5, 0.6) is 5.75 Å². The quantitative estimate of drug-likeness (QED) is 0.534. The minimum Gasteiger partial charge on any atom is -0.508 e. The second-order valence-corrected chi connectivity index (χ2v) is 9.81. The van der Waals surface area contributed by atoms with Crippen LogP contribution in [0.2, 0.25) is 0 Å². The first-order chi connectivity index (χ1) is 15.0. The Morgan fingerprint density at radius 1 is 1.13 bits per heavy atom. The zero-order chi connectivity index (χ0) is 21.6. The molecule has 0 atom stereocenters. The maximum atomic E-state index is 11.5. The lowest BCUT2D eigenvalue weighted by Crippen LogP contribution is -2.48. The monoisotopic (exact) mass is 418 g/mol. The lowest BCUT2D eigenvalue weighted by atomic mass is 9.48. The number of benzene rings is 1. The number of aryl methyl sites for hydroxylation is 1. The molecule has 4 fully saturated rings. The molecular weight excluding hydrogens is 388 g/mol. The van der Waals surface area contributed by atoms with Crippen LogP contribution in [-0.4, -0.2) is 27.7 Å². The van der Waals surface area contributed by atoms with Crippen molar-refractivity contribution in [3.05, 3.63) is 47.3 Å². The maximum Gasteiger partial charge on any atom is 0.330 e. The van der Waals surface area contributed by atoms with E-state index < -0.39 is 0 Å². The van der Waals surface area contributed by atoms with Crippen LogP contribution in [0.4, 0.5) is 0 Å². The van der Waals surface area contributed by atoms with E-state index in [0.29, 0.717) is 18.2 Å². The SMILES string of the molecule is CCOC(=O)/C=C/c1cnc(-c2cc(C34CC5CC(CC(C5)C3)C4)c(O)cc2C)nc1. The van der Waals surface area contributed by atoms with Gasteiger partial charge in [0.15, 0.2) is 5.82 Å². The molecule has 5 nitrogen and oxygen atoms in total. The number of phenols is 1. The van der Waals surface area contributed by atoms with E-state index in [2.05, 4.69) is 16.0 Å². The van der Waals surface area contributed by atoms with Gasteiger partial charge in [-0.3, -0.25) is 0 Å². The fraction of sp³-hybridized carbons (Fsp3) is 0.500. The highest BCUT2D eigenvalue weighted by Gasteiger charge is 2.52. The number of hydrogen-bond acceptors (Lipinski definition) is 5. The van der Waals surface area contributed by atoms with Gasteiger partial charge in [0.05, 0.1) is 6.61 Å². The number of ether oxygens (including phenoxy) is 1. The van der Waals surface area contributed by atoms with Crippen molar-refractivity contribution in [2.24, 2.45) is 17.8 Å². The first-order valence-electron chi connectivity index (χ1n) is 11.5. The van der Waals surface area contributed by atoms with Crippen LogP contribution >= 0.6 is 0 Å². The molecule has 1 aromatic heterocycles. The van der Waals surface area contributed by atoms with E-state index in [0.717, 1.165) is 40.0 Å². The molecule has 2 aromatic rings. The molecule has 162 valence electrons. The summed E-state index contributed by atoms with van der Waals surface area (Å²) in [5, 5.41) is 10.9. The van der Waals surface area contributed by atoms with Gasteiger partial charge in [-0.05, 0) is 99.3 Å². The van der Waals surface area contributed by atoms with Crippen LogP contribution in [-0.2, 0) is 14.9 Å². The summed E-state index contributed by atoms with van der Waals surface area (Å²) in [6.45, 7) is 4.13.